The van der Waals surface area contributed by atoms with Crippen LogP contribution < -0.4 is 0 Å². The lowest BCUT2D eigenvalue weighted by Crippen LogP contribution is -1.73. The summed E-state index contributed by atoms with van der Waals surface area (Å²) in [5.41, 5.74) is 0. The third-order valence-electron chi connectivity index (χ3n) is 2.18. The minimum absolute atomic E-state index is 1.36. The molecule has 0 N–H and O–H groups in total. The van der Waals surface area contributed by atoms with Gasteiger partial charge in [0.15, 0.2) is 0 Å². The molecule has 0 aromatic heterocycles. The Morgan fingerprint density at radius 2 is 0.938 bits per heavy atom. The van der Waals surface area contributed by atoms with E-state index in [1.54, 1.807) is 0 Å². The van der Waals surface area contributed by atoms with Crippen molar-refractivity contribution in [3.05, 3.63) is 36.5 Å². The summed E-state index contributed by atoms with van der Waals surface area (Å²) in [4.78, 5) is 0. The van der Waals surface area contributed by atoms with Gasteiger partial charge in [0.05, 0.1) is 0 Å². The molecule has 0 radical (unpaired) electrons. The normalized spacial score (nSPS) is 11.2. The van der Waals surface area contributed by atoms with Gasteiger partial charge in [-0.1, -0.05) is 88.8 Å². The fraction of sp³-hybridized carbons (Fsp3) is 0.625. The van der Waals surface area contributed by atoms with Crippen LogP contribution in [0, 0.1) is 0 Å². The molecule has 0 atom stereocenters. The molecule has 0 aliphatic rings. The van der Waals surface area contributed by atoms with Gasteiger partial charge in [0.25, 0.3) is 0 Å². The van der Waals surface area contributed by atoms with Crippen molar-refractivity contribution in [3.8, 4) is 0 Å². The van der Waals surface area contributed by atoms with E-state index in [0.717, 1.165) is 0 Å². The van der Waals surface area contributed by atoms with E-state index in [0.29, 0.717) is 0 Å². The maximum atomic E-state index is 2.26. The third-order valence-corrected chi connectivity index (χ3v) is 2.18. The topological polar surface area (TPSA) is 0 Å². The molecule has 0 saturated carbocycles. The summed E-state index contributed by atoms with van der Waals surface area (Å²) in [7, 11) is 0. The molecule has 0 nitrogen and oxygen atoms in total. The van der Waals surface area contributed by atoms with Crippen LogP contribution in [0.4, 0.5) is 0 Å². The summed E-state index contributed by atoms with van der Waals surface area (Å²) in [6.07, 6.45) is 20.5. The van der Waals surface area contributed by atoms with E-state index in [-0.39, 0.29) is 0 Å². The van der Waals surface area contributed by atoms with Gasteiger partial charge in [0, 0.05) is 0 Å². The second kappa shape index (κ2) is 19.7. The molecule has 0 rings (SSSR count). The van der Waals surface area contributed by atoms with E-state index in [1.165, 1.54) is 38.5 Å². The molecule has 0 bridgehead atoms. The highest BCUT2D eigenvalue weighted by molar-refractivity contribution is 5.09. The Morgan fingerprint density at radius 3 is 1.19 bits per heavy atom. The van der Waals surface area contributed by atoms with Gasteiger partial charge < -0.3 is 0 Å². The molecule has 0 unspecified atom stereocenters. The molecule has 0 spiro atoms. The summed E-state index contributed by atoms with van der Waals surface area (Å²) in [5, 5.41) is 0. The van der Waals surface area contributed by atoms with Gasteiger partial charge in [0.2, 0.25) is 0 Å². The molecule has 0 aliphatic carbocycles. The molecular formula is C16H30. The van der Waals surface area contributed by atoms with Crippen molar-refractivity contribution in [1.29, 1.82) is 0 Å². The van der Waals surface area contributed by atoms with Gasteiger partial charge in [-0.05, 0) is 13.8 Å². The lowest BCUT2D eigenvalue weighted by Gasteiger charge is -1.93. The zero-order chi connectivity index (χ0) is 12.5. The van der Waals surface area contributed by atoms with Gasteiger partial charge in [-0.2, -0.15) is 0 Å². The van der Waals surface area contributed by atoms with Crippen LogP contribution in [-0.4, -0.2) is 0 Å². The average molecular weight is 222 g/mol. The van der Waals surface area contributed by atoms with Crippen LogP contribution in [-0.2, 0) is 0 Å². The first-order chi connectivity index (χ1) is 7.83. The lowest BCUT2D eigenvalue weighted by atomic mass is 10.1. The standard InChI is InChI=1S/C8H18.C8H12/c2*1-3-5-7-8-6-4-2/h3-8H2,1-2H3;3-8H,1-2H3/b;5-3+,6-4+,8-7+. The third kappa shape index (κ3) is 23.2. The zero-order valence-corrected chi connectivity index (χ0v) is 11.7. The summed E-state index contributed by atoms with van der Waals surface area (Å²) in [6.45, 7) is 8.51. The molecule has 0 amide bonds. The van der Waals surface area contributed by atoms with Crippen LogP contribution in [0.1, 0.15) is 66.2 Å². The number of rotatable bonds is 7. The lowest BCUT2D eigenvalue weighted by molar-refractivity contribution is 0.624. The summed E-state index contributed by atoms with van der Waals surface area (Å²) in [5.74, 6) is 0. The second-order valence-corrected chi connectivity index (χ2v) is 3.85. The van der Waals surface area contributed by atoms with Crippen LogP contribution >= 0.6 is 0 Å². The number of allylic oxidation sites excluding steroid dienone is 6. The van der Waals surface area contributed by atoms with Crippen LogP contribution in [0.2, 0.25) is 0 Å². The first kappa shape index (κ1) is 17.6. The Labute approximate surface area is 103 Å². The molecule has 16 heavy (non-hydrogen) atoms. The molecule has 0 heterocycles. The van der Waals surface area contributed by atoms with Gasteiger partial charge in [0.1, 0.15) is 0 Å². The quantitative estimate of drug-likeness (QED) is 0.363. The SMILES string of the molecule is C/C=C/C=C/C=C/C.CCCCCCCC. The minimum atomic E-state index is 1.36. The van der Waals surface area contributed by atoms with Gasteiger partial charge in [-0.25, -0.2) is 0 Å². The Hall–Kier alpha value is -0.780. The molecule has 94 valence electrons. The maximum absolute atomic E-state index is 2.26. The highest BCUT2D eigenvalue weighted by atomic mass is 13.9. The number of hydrogen-bond acceptors (Lipinski definition) is 0. The number of hydrogen-bond donors (Lipinski definition) is 0. The Balaban J connectivity index is 0. The van der Waals surface area contributed by atoms with Gasteiger partial charge in [-0.3, -0.25) is 0 Å². The first-order valence-electron chi connectivity index (χ1n) is 6.74. The molecule has 0 aromatic rings. The van der Waals surface area contributed by atoms with Crippen LogP contribution in [0.15, 0.2) is 36.5 Å². The largest absolute Gasteiger partial charge is 0.0877 e. The van der Waals surface area contributed by atoms with Crippen LogP contribution in [0.25, 0.3) is 0 Å². The average Bonchev–Trinajstić information content (AvgIpc) is 2.31. The molecule has 0 heteroatoms. The Bertz CT molecular complexity index is 152. The molecule has 0 saturated heterocycles. The molecule has 0 aliphatic heterocycles. The van der Waals surface area contributed by atoms with Gasteiger partial charge in [-0.15, -0.1) is 0 Å². The van der Waals surface area contributed by atoms with Crippen molar-refractivity contribution in [1.82, 2.24) is 0 Å². The monoisotopic (exact) mass is 222 g/mol. The Morgan fingerprint density at radius 1 is 0.562 bits per heavy atom. The smallest absolute Gasteiger partial charge is 0.0467 e. The van der Waals surface area contributed by atoms with Crippen molar-refractivity contribution in [2.45, 2.75) is 66.2 Å². The number of unbranched alkanes of at least 4 members (excludes halogenated alkanes) is 5. The predicted molar refractivity (Wildman–Crippen MR) is 77.8 cm³/mol. The maximum Gasteiger partial charge on any atom is -0.0467 e. The molecule has 0 fully saturated rings. The fourth-order valence-electron chi connectivity index (χ4n) is 1.20. The fourth-order valence-corrected chi connectivity index (χ4v) is 1.20. The van der Waals surface area contributed by atoms with Crippen molar-refractivity contribution >= 4 is 0 Å². The summed E-state index contributed by atoms with van der Waals surface area (Å²) < 4.78 is 0. The van der Waals surface area contributed by atoms with E-state index in [9.17, 15) is 0 Å². The minimum Gasteiger partial charge on any atom is -0.0877 e. The summed E-state index contributed by atoms with van der Waals surface area (Å²) in [6, 6.07) is 0. The first-order valence-corrected chi connectivity index (χ1v) is 6.74. The van der Waals surface area contributed by atoms with Crippen molar-refractivity contribution in [2.24, 2.45) is 0 Å². The van der Waals surface area contributed by atoms with Crippen molar-refractivity contribution in [2.75, 3.05) is 0 Å². The van der Waals surface area contributed by atoms with Crippen molar-refractivity contribution in [3.63, 3.8) is 0 Å². The van der Waals surface area contributed by atoms with Gasteiger partial charge >= 0.3 is 0 Å². The van der Waals surface area contributed by atoms with Crippen LogP contribution in [0.3, 0.4) is 0 Å². The second-order valence-electron chi connectivity index (χ2n) is 3.85. The van der Waals surface area contributed by atoms with E-state index in [4.69, 9.17) is 0 Å². The van der Waals surface area contributed by atoms with E-state index >= 15 is 0 Å². The van der Waals surface area contributed by atoms with E-state index in [2.05, 4.69) is 13.8 Å². The van der Waals surface area contributed by atoms with E-state index < -0.39 is 0 Å². The van der Waals surface area contributed by atoms with Crippen LogP contribution in [0.5, 0.6) is 0 Å². The zero-order valence-electron chi connectivity index (χ0n) is 11.7. The molecule has 0 aromatic carbocycles. The van der Waals surface area contributed by atoms with E-state index in [1.807, 2.05) is 50.3 Å². The highest BCUT2D eigenvalue weighted by Gasteiger charge is 1.83. The molecular weight excluding hydrogens is 192 g/mol. The predicted octanol–water partition coefficient (Wildman–Crippen LogP) is 6.06. The highest BCUT2D eigenvalue weighted by Crippen LogP contribution is 2.03. The summed E-state index contributed by atoms with van der Waals surface area (Å²) >= 11 is 0. The van der Waals surface area contributed by atoms with Crippen molar-refractivity contribution < 1.29 is 0 Å². The Kier molecular flexibility index (Phi) is 21.7.